The molecule has 1 amide bonds. The van der Waals surface area contributed by atoms with Crippen LogP contribution in [0.1, 0.15) is 56.3 Å². The molecule has 1 saturated heterocycles. The molecule has 1 atom stereocenters. The second-order valence-corrected chi connectivity index (χ2v) is 8.23. The topological polar surface area (TPSA) is 68.5 Å². The van der Waals surface area contributed by atoms with Crippen LogP contribution < -0.4 is 4.74 Å². The molecular weight excluding hydrogens is 374 g/mol. The predicted octanol–water partition coefficient (Wildman–Crippen LogP) is 4.61. The minimum absolute atomic E-state index is 0.00754. The van der Waals surface area contributed by atoms with Crippen LogP contribution in [0.25, 0.3) is 0 Å². The highest BCUT2D eigenvalue weighted by atomic mass is 32.1. The van der Waals surface area contributed by atoms with E-state index in [-0.39, 0.29) is 11.9 Å². The fourth-order valence-electron chi connectivity index (χ4n) is 3.47. The van der Waals surface area contributed by atoms with Crippen LogP contribution in [-0.2, 0) is 6.61 Å². The summed E-state index contributed by atoms with van der Waals surface area (Å²) in [5.74, 6) is 1.56. The fraction of sp³-hybridized carbons (Fsp3) is 0.381. The van der Waals surface area contributed by atoms with E-state index in [0.717, 1.165) is 47.3 Å². The van der Waals surface area contributed by atoms with Crippen LogP contribution in [0.3, 0.4) is 0 Å². The number of carbonyl (C=O) groups excluding carboxylic acids is 1. The van der Waals surface area contributed by atoms with Crippen LogP contribution in [0.5, 0.6) is 5.75 Å². The van der Waals surface area contributed by atoms with E-state index in [2.05, 4.69) is 10.1 Å². The van der Waals surface area contributed by atoms with Gasteiger partial charge in [0.15, 0.2) is 5.76 Å². The number of aryl methyl sites for hydroxylation is 3. The molecule has 2 aromatic heterocycles. The monoisotopic (exact) mass is 397 g/mol. The third-order valence-corrected chi connectivity index (χ3v) is 6.03. The first-order valence-electron chi connectivity index (χ1n) is 9.41. The molecule has 6 nitrogen and oxygen atoms in total. The lowest BCUT2D eigenvalue weighted by Gasteiger charge is -2.22. The van der Waals surface area contributed by atoms with Crippen LogP contribution in [0.15, 0.2) is 34.9 Å². The lowest BCUT2D eigenvalue weighted by molar-refractivity contribution is 0.0718. The van der Waals surface area contributed by atoms with Crippen molar-refractivity contribution >= 4 is 17.2 Å². The van der Waals surface area contributed by atoms with E-state index in [1.807, 2.05) is 56.0 Å². The van der Waals surface area contributed by atoms with Gasteiger partial charge in [0.1, 0.15) is 22.2 Å². The molecule has 0 N–H and O–H groups in total. The molecule has 0 spiro atoms. The first kappa shape index (κ1) is 18.7. The Kier molecular flexibility index (Phi) is 5.17. The third-order valence-electron chi connectivity index (χ3n) is 4.91. The average molecular weight is 398 g/mol. The van der Waals surface area contributed by atoms with Gasteiger partial charge < -0.3 is 14.2 Å². The normalized spacial score (nSPS) is 16.5. The van der Waals surface area contributed by atoms with E-state index >= 15 is 0 Å². The van der Waals surface area contributed by atoms with E-state index in [4.69, 9.17) is 9.26 Å². The molecular formula is C21H23N3O3S. The van der Waals surface area contributed by atoms with Gasteiger partial charge in [0, 0.05) is 12.6 Å². The van der Waals surface area contributed by atoms with Gasteiger partial charge in [-0.1, -0.05) is 22.9 Å². The number of carbonyl (C=O) groups is 1. The van der Waals surface area contributed by atoms with E-state index in [9.17, 15) is 4.79 Å². The van der Waals surface area contributed by atoms with Gasteiger partial charge in [-0.3, -0.25) is 4.79 Å². The Hall–Kier alpha value is -2.67. The van der Waals surface area contributed by atoms with E-state index in [0.29, 0.717) is 11.5 Å². The lowest BCUT2D eigenvalue weighted by Crippen LogP contribution is -2.30. The summed E-state index contributed by atoms with van der Waals surface area (Å²) in [4.78, 5) is 20.3. The van der Waals surface area contributed by atoms with Crippen molar-refractivity contribution < 1.29 is 14.1 Å². The SMILES string of the molecule is Cc1ccc(OCc2nc(C)c(C(=O)N3CCC[C@H]3c3cc(C)no3)s2)cc1. The van der Waals surface area contributed by atoms with Gasteiger partial charge >= 0.3 is 0 Å². The highest BCUT2D eigenvalue weighted by molar-refractivity contribution is 7.13. The molecule has 1 aliphatic heterocycles. The van der Waals surface area contributed by atoms with E-state index in [1.165, 1.54) is 16.9 Å². The standard InChI is InChI=1S/C21H23N3O3S/c1-13-6-8-16(9-7-13)26-12-19-22-15(3)20(28-19)21(25)24-10-4-5-17(24)18-11-14(2)23-27-18/h6-9,11,17H,4-5,10,12H2,1-3H3/t17-/m0/s1. The molecule has 7 heteroatoms. The number of amides is 1. The number of likely N-dealkylation sites (tertiary alicyclic amines) is 1. The van der Waals surface area contributed by atoms with Crippen LogP contribution in [0, 0.1) is 20.8 Å². The Labute approximate surface area is 168 Å². The molecule has 1 aromatic carbocycles. The second-order valence-electron chi connectivity index (χ2n) is 7.15. The molecule has 3 heterocycles. The zero-order valence-corrected chi connectivity index (χ0v) is 17.1. The lowest BCUT2D eigenvalue weighted by atomic mass is 10.1. The second kappa shape index (κ2) is 7.75. The maximum Gasteiger partial charge on any atom is 0.266 e. The first-order chi connectivity index (χ1) is 13.5. The predicted molar refractivity (Wildman–Crippen MR) is 107 cm³/mol. The molecule has 4 rings (SSSR count). The van der Waals surface area contributed by atoms with Gasteiger partial charge in [-0.25, -0.2) is 4.98 Å². The van der Waals surface area contributed by atoms with Crippen molar-refractivity contribution in [1.82, 2.24) is 15.0 Å². The maximum absolute atomic E-state index is 13.2. The summed E-state index contributed by atoms with van der Waals surface area (Å²) in [7, 11) is 0. The van der Waals surface area contributed by atoms with E-state index < -0.39 is 0 Å². The molecule has 146 valence electrons. The van der Waals surface area contributed by atoms with Crippen molar-refractivity contribution in [3.05, 3.63) is 62.9 Å². The Morgan fingerprint density at radius 1 is 1.29 bits per heavy atom. The van der Waals surface area contributed by atoms with Crippen LogP contribution in [0.4, 0.5) is 0 Å². The molecule has 0 radical (unpaired) electrons. The summed E-state index contributed by atoms with van der Waals surface area (Å²) in [5, 5.41) is 4.77. The smallest absolute Gasteiger partial charge is 0.266 e. The van der Waals surface area contributed by atoms with Gasteiger partial charge in [0.05, 0.1) is 17.4 Å². The van der Waals surface area contributed by atoms with Gasteiger partial charge in [-0.05, 0) is 45.7 Å². The van der Waals surface area contributed by atoms with Crippen molar-refractivity contribution in [2.75, 3.05) is 6.54 Å². The summed E-state index contributed by atoms with van der Waals surface area (Å²) in [6.07, 6.45) is 1.85. The molecule has 0 unspecified atom stereocenters. The van der Waals surface area contributed by atoms with Crippen molar-refractivity contribution in [3.63, 3.8) is 0 Å². The molecule has 0 saturated carbocycles. The summed E-state index contributed by atoms with van der Waals surface area (Å²) in [6.45, 7) is 6.88. The number of aromatic nitrogens is 2. The maximum atomic E-state index is 13.2. The van der Waals surface area contributed by atoms with Crippen LogP contribution >= 0.6 is 11.3 Å². The van der Waals surface area contributed by atoms with Crippen molar-refractivity contribution in [1.29, 1.82) is 0 Å². The van der Waals surface area contributed by atoms with Crippen LogP contribution in [0.2, 0.25) is 0 Å². The highest BCUT2D eigenvalue weighted by Crippen LogP contribution is 2.35. The first-order valence-corrected chi connectivity index (χ1v) is 10.2. The highest BCUT2D eigenvalue weighted by Gasteiger charge is 2.34. The van der Waals surface area contributed by atoms with Gasteiger partial charge in [0.25, 0.3) is 5.91 Å². The van der Waals surface area contributed by atoms with Gasteiger partial charge in [-0.2, -0.15) is 0 Å². The zero-order valence-electron chi connectivity index (χ0n) is 16.3. The zero-order chi connectivity index (χ0) is 19.7. The molecule has 1 fully saturated rings. The largest absolute Gasteiger partial charge is 0.486 e. The molecule has 0 bridgehead atoms. The number of hydrogen-bond acceptors (Lipinski definition) is 6. The Bertz CT molecular complexity index is 977. The number of nitrogens with zero attached hydrogens (tertiary/aromatic N) is 3. The Balaban J connectivity index is 1.47. The molecule has 0 aliphatic carbocycles. The summed E-state index contributed by atoms with van der Waals surface area (Å²) in [5.41, 5.74) is 2.77. The summed E-state index contributed by atoms with van der Waals surface area (Å²) < 4.78 is 11.2. The quantitative estimate of drug-likeness (QED) is 0.629. The fourth-order valence-corrected chi connectivity index (χ4v) is 4.40. The average Bonchev–Trinajstić information content (AvgIpc) is 3.40. The van der Waals surface area contributed by atoms with Crippen molar-refractivity contribution in [3.8, 4) is 5.75 Å². The number of benzene rings is 1. The molecule has 1 aliphatic rings. The van der Waals surface area contributed by atoms with Crippen molar-refractivity contribution in [2.45, 2.75) is 46.3 Å². The number of rotatable bonds is 5. The van der Waals surface area contributed by atoms with Gasteiger partial charge in [-0.15, -0.1) is 11.3 Å². The van der Waals surface area contributed by atoms with Crippen LogP contribution in [-0.4, -0.2) is 27.5 Å². The summed E-state index contributed by atoms with van der Waals surface area (Å²) >= 11 is 1.41. The Morgan fingerprint density at radius 3 is 2.79 bits per heavy atom. The number of hydrogen-bond donors (Lipinski definition) is 0. The van der Waals surface area contributed by atoms with E-state index in [1.54, 1.807) is 0 Å². The number of ether oxygens (including phenoxy) is 1. The Morgan fingerprint density at radius 2 is 2.07 bits per heavy atom. The number of thiazole rings is 1. The minimum atomic E-state index is -0.0533. The molecule has 28 heavy (non-hydrogen) atoms. The van der Waals surface area contributed by atoms with Gasteiger partial charge in [0.2, 0.25) is 0 Å². The minimum Gasteiger partial charge on any atom is -0.486 e. The third kappa shape index (κ3) is 3.80. The summed E-state index contributed by atoms with van der Waals surface area (Å²) in [6, 6.07) is 9.76. The molecule has 3 aromatic rings. The van der Waals surface area contributed by atoms with Crippen molar-refractivity contribution in [2.24, 2.45) is 0 Å².